The second-order valence-corrected chi connectivity index (χ2v) is 10.9. The lowest BCUT2D eigenvalue weighted by atomic mass is 9.99. The Morgan fingerprint density at radius 3 is 2.09 bits per heavy atom. The number of aryl methyl sites for hydroxylation is 1. The van der Waals surface area contributed by atoms with Crippen LogP contribution in [0.5, 0.6) is 0 Å². The standard InChI is InChI=1S/C14H30N2.C11H15N3O.C8H5F3O/c1-5-10-16(13(6-2)7-3)14-8-11-15(4)12-9-14;1-6-10(12-8(4)7(2)3)11-14-13-9(5)15-11;9-8(10,11)7-3-1-6(5-12)2-4-7/h13-14H,5-12H2,1-4H3;6H,1H2,2-5H3;1-5H. The van der Waals surface area contributed by atoms with Gasteiger partial charge in [-0.2, -0.15) is 13.2 Å². The third-order valence-corrected chi connectivity index (χ3v) is 7.37. The molecule has 0 spiro atoms. The second kappa shape index (κ2) is 19.2. The minimum absolute atomic E-state index is 0.239. The van der Waals surface area contributed by atoms with Crippen LogP contribution in [0.3, 0.4) is 0 Å². The lowest BCUT2D eigenvalue weighted by molar-refractivity contribution is -0.137. The Morgan fingerprint density at radius 2 is 1.70 bits per heavy atom. The van der Waals surface area contributed by atoms with Crippen molar-refractivity contribution in [1.29, 1.82) is 0 Å². The minimum Gasteiger partial charge on any atom is -0.420 e. The number of aliphatic imine (C=N–C) groups is 1. The molecule has 1 fully saturated rings. The zero-order chi connectivity index (χ0) is 32.6. The number of alkyl halides is 3. The molecule has 10 heteroatoms. The molecule has 0 atom stereocenters. The van der Waals surface area contributed by atoms with Crippen LogP contribution < -0.4 is 0 Å². The molecule has 0 radical (unpaired) electrons. The van der Waals surface area contributed by atoms with Crippen molar-refractivity contribution < 1.29 is 22.4 Å². The summed E-state index contributed by atoms with van der Waals surface area (Å²) in [5.41, 5.74) is 2.18. The molecule has 0 N–H and O–H groups in total. The molecule has 2 heterocycles. The maximum absolute atomic E-state index is 11.9. The number of hydrogen-bond donors (Lipinski definition) is 0. The molecule has 0 unspecified atom stereocenters. The van der Waals surface area contributed by atoms with Gasteiger partial charge in [-0.1, -0.05) is 45.1 Å². The maximum Gasteiger partial charge on any atom is 0.416 e. The first-order valence-electron chi connectivity index (χ1n) is 15.0. The molecular weight excluding hydrogens is 555 g/mol. The van der Waals surface area contributed by atoms with Crippen molar-refractivity contribution in [1.82, 2.24) is 20.0 Å². The van der Waals surface area contributed by atoms with Gasteiger partial charge in [0.15, 0.2) is 0 Å². The summed E-state index contributed by atoms with van der Waals surface area (Å²) in [6, 6.07) is 5.69. The average Bonchev–Trinajstić information content (AvgIpc) is 3.42. The first-order chi connectivity index (χ1) is 20.3. The van der Waals surface area contributed by atoms with E-state index in [0.29, 0.717) is 23.8 Å². The van der Waals surface area contributed by atoms with Crippen molar-refractivity contribution in [2.24, 2.45) is 4.99 Å². The smallest absolute Gasteiger partial charge is 0.416 e. The van der Waals surface area contributed by atoms with Crippen molar-refractivity contribution in [3.05, 3.63) is 71.1 Å². The molecule has 240 valence electrons. The summed E-state index contributed by atoms with van der Waals surface area (Å²) in [5, 5.41) is 7.63. The second-order valence-electron chi connectivity index (χ2n) is 10.9. The fraction of sp³-hybridized carbons (Fsp3) is 0.576. The Kier molecular flexibility index (Phi) is 17.0. The van der Waals surface area contributed by atoms with E-state index in [-0.39, 0.29) is 5.56 Å². The molecule has 1 aliphatic rings. The van der Waals surface area contributed by atoms with Crippen molar-refractivity contribution in [2.75, 3.05) is 26.7 Å². The Hall–Kier alpha value is -3.11. The van der Waals surface area contributed by atoms with E-state index in [2.05, 4.69) is 59.4 Å². The Labute approximate surface area is 256 Å². The third kappa shape index (κ3) is 13.4. The molecule has 2 aromatic rings. The first kappa shape index (κ1) is 37.9. The largest absolute Gasteiger partial charge is 0.420 e. The van der Waals surface area contributed by atoms with Gasteiger partial charge < -0.3 is 9.32 Å². The van der Waals surface area contributed by atoms with Crippen LogP contribution in [0.4, 0.5) is 13.2 Å². The Morgan fingerprint density at radius 1 is 1.12 bits per heavy atom. The van der Waals surface area contributed by atoms with Crippen LogP contribution in [-0.4, -0.2) is 70.8 Å². The average molecular weight is 606 g/mol. The van der Waals surface area contributed by atoms with Crippen molar-refractivity contribution in [3.63, 3.8) is 0 Å². The van der Waals surface area contributed by atoms with Crippen LogP contribution in [0.15, 0.2) is 57.6 Å². The zero-order valence-electron chi connectivity index (χ0n) is 27.2. The van der Waals surface area contributed by atoms with Crippen LogP contribution in [0.2, 0.25) is 0 Å². The molecular formula is C33H50F3N5O2. The van der Waals surface area contributed by atoms with Gasteiger partial charge in [0, 0.05) is 30.3 Å². The summed E-state index contributed by atoms with van der Waals surface area (Å²) in [6.45, 7) is 22.2. The SMILES string of the molecule is C=CC(=NC(C)=C(C)C)c1nnc(C)o1.CCCN(C(CC)CC)C1CCN(C)CC1.O=Cc1ccc(C(F)(F)F)cc1. The summed E-state index contributed by atoms with van der Waals surface area (Å²) in [4.78, 5) is 19.7. The van der Waals surface area contributed by atoms with Gasteiger partial charge in [0.2, 0.25) is 5.89 Å². The molecule has 0 bridgehead atoms. The number of aldehydes is 1. The summed E-state index contributed by atoms with van der Waals surface area (Å²) in [5.74, 6) is 0.928. The summed E-state index contributed by atoms with van der Waals surface area (Å²) in [6.07, 6.45) is 4.43. The molecule has 7 nitrogen and oxygen atoms in total. The van der Waals surface area contributed by atoms with Crippen LogP contribution >= 0.6 is 0 Å². The van der Waals surface area contributed by atoms with Gasteiger partial charge in [0.05, 0.1) is 5.56 Å². The number of aromatic nitrogens is 2. The van der Waals surface area contributed by atoms with E-state index in [4.69, 9.17) is 4.42 Å². The molecule has 43 heavy (non-hydrogen) atoms. The van der Waals surface area contributed by atoms with Gasteiger partial charge in [0.1, 0.15) is 12.0 Å². The van der Waals surface area contributed by atoms with Gasteiger partial charge in [0.25, 0.3) is 5.89 Å². The molecule has 3 rings (SSSR count). The van der Waals surface area contributed by atoms with Gasteiger partial charge in [-0.05, 0) is 97.8 Å². The molecule has 1 aromatic carbocycles. The highest BCUT2D eigenvalue weighted by Crippen LogP contribution is 2.28. The number of rotatable bonds is 10. The maximum atomic E-state index is 11.9. The fourth-order valence-electron chi connectivity index (χ4n) is 4.63. The predicted molar refractivity (Wildman–Crippen MR) is 169 cm³/mol. The summed E-state index contributed by atoms with van der Waals surface area (Å²) >= 11 is 0. The number of piperidine rings is 1. The first-order valence-corrected chi connectivity index (χ1v) is 15.0. The van der Waals surface area contributed by atoms with E-state index in [1.54, 1.807) is 13.0 Å². The van der Waals surface area contributed by atoms with Crippen molar-refractivity contribution in [2.45, 2.75) is 98.8 Å². The molecule has 0 saturated carbocycles. The number of carbonyl (C=O) groups excluding carboxylic acids is 1. The number of carbonyl (C=O) groups is 1. The number of allylic oxidation sites excluding steroid dienone is 3. The molecule has 1 aliphatic heterocycles. The Bertz CT molecular complexity index is 1160. The lowest BCUT2D eigenvalue weighted by Gasteiger charge is -2.41. The Balaban J connectivity index is 0.000000326. The fourth-order valence-corrected chi connectivity index (χ4v) is 4.63. The van der Waals surface area contributed by atoms with Crippen LogP contribution in [0, 0.1) is 6.92 Å². The highest BCUT2D eigenvalue weighted by molar-refractivity contribution is 6.05. The summed E-state index contributed by atoms with van der Waals surface area (Å²) < 4.78 is 41.1. The monoisotopic (exact) mass is 605 g/mol. The third-order valence-electron chi connectivity index (χ3n) is 7.37. The van der Waals surface area contributed by atoms with Gasteiger partial charge in [-0.25, -0.2) is 4.99 Å². The highest BCUT2D eigenvalue weighted by Gasteiger charge is 2.30. The molecule has 0 aliphatic carbocycles. The van der Waals surface area contributed by atoms with E-state index in [1.807, 2.05) is 20.8 Å². The van der Waals surface area contributed by atoms with Crippen LogP contribution in [0.25, 0.3) is 0 Å². The number of benzene rings is 1. The van der Waals surface area contributed by atoms with Crippen molar-refractivity contribution >= 4 is 12.0 Å². The van der Waals surface area contributed by atoms with Crippen LogP contribution in [-0.2, 0) is 6.18 Å². The molecule has 0 amide bonds. The molecule has 1 aromatic heterocycles. The number of nitrogens with zero attached hydrogens (tertiary/aromatic N) is 5. The topological polar surface area (TPSA) is 74.8 Å². The highest BCUT2D eigenvalue weighted by atomic mass is 19.4. The molecule has 1 saturated heterocycles. The van der Waals surface area contributed by atoms with Gasteiger partial charge in [-0.3, -0.25) is 9.69 Å². The van der Waals surface area contributed by atoms with E-state index in [0.717, 1.165) is 47.6 Å². The zero-order valence-corrected chi connectivity index (χ0v) is 27.2. The van der Waals surface area contributed by atoms with Crippen molar-refractivity contribution in [3.8, 4) is 0 Å². The normalized spacial score (nSPS) is 14.5. The van der Waals surface area contributed by atoms with E-state index in [1.165, 1.54) is 51.7 Å². The van der Waals surface area contributed by atoms with Gasteiger partial charge >= 0.3 is 6.18 Å². The van der Waals surface area contributed by atoms with E-state index >= 15 is 0 Å². The van der Waals surface area contributed by atoms with E-state index < -0.39 is 11.7 Å². The van der Waals surface area contributed by atoms with Gasteiger partial charge in [-0.15, -0.1) is 10.2 Å². The quantitative estimate of drug-likeness (QED) is 0.201. The van der Waals surface area contributed by atoms with E-state index in [9.17, 15) is 18.0 Å². The minimum atomic E-state index is -4.33. The number of likely N-dealkylation sites (tertiary alicyclic amines) is 1. The number of halogens is 3. The lowest BCUT2D eigenvalue weighted by Crippen LogP contribution is -2.48. The summed E-state index contributed by atoms with van der Waals surface area (Å²) in [7, 11) is 2.25. The predicted octanol–water partition coefficient (Wildman–Crippen LogP) is 8.17. The number of hydrogen-bond acceptors (Lipinski definition) is 7. The van der Waals surface area contributed by atoms with Crippen LogP contribution in [0.1, 0.15) is 101 Å².